The zero-order chi connectivity index (χ0) is 16.5. The van der Waals surface area contributed by atoms with Crippen LogP contribution in [0.25, 0.3) is 0 Å². The van der Waals surface area contributed by atoms with Gasteiger partial charge in [-0.05, 0) is 49.2 Å². The maximum Gasteiger partial charge on any atom is 0.253 e. The zero-order valence-corrected chi connectivity index (χ0v) is 13.5. The summed E-state index contributed by atoms with van der Waals surface area (Å²) in [7, 11) is 0. The number of nitrogens with zero attached hydrogens (tertiary/aromatic N) is 2. The van der Waals surface area contributed by atoms with Crippen LogP contribution in [0.4, 0.5) is 5.69 Å². The van der Waals surface area contributed by atoms with Crippen molar-refractivity contribution in [2.24, 2.45) is 0 Å². The molecule has 0 radical (unpaired) electrons. The van der Waals surface area contributed by atoms with Crippen molar-refractivity contribution in [1.82, 2.24) is 4.90 Å². The van der Waals surface area contributed by atoms with Crippen LogP contribution in [0.1, 0.15) is 41.3 Å². The number of likely N-dealkylation sites (tertiary alicyclic amines) is 1. The summed E-state index contributed by atoms with van der Waals surface area (Å²) in [5.41, 5.74) is 1.55. The number of carbonyl (C=O) groups excluding carboxylic acids is 2. The molecule has 5 heteroatoms. The zero-order valence-electron chi connectivity index (χ0n) is 13.5. The van der Waals surface area contributed by atoms with Crippen LogP contribution >= 0.6 is 0 Å². The van der Waals surface area contributed by atoms with Gasteiger partial charge in [-0.25, -0.2) is 0 Å². The van der Waals surface area contributed by atoms with E-state index in [4.69, 9.17) is 4.42 Å². The normalized spacial score (nSPS) is 20.8. The molecule has 5 nitrogen and oxygen atoms in total. The van der Waals surface area contributed by atoms with E-state index in [9.17, 15) is 9.59 Å². The lowest BCUT2D eigenvalue weighted by molar-refractivity contribution is -0.117. The van der Waals surface area contributed by atoms with Crippen molar-refractivity contribution in [1.29, 1.82) is 0 Å². The molecule has 0 bridgehead atoms. The first-order valence-electron chi connectivity index (χ1n) is 8.45. The Kier molecular flexibility index (Phi) is 3.84. The molecule has 2 aliphatic heterocycles. The Morgan fingerprint density at radius 3 is 2.62 bits per heavy atom. The van der Waals surface area contributed by atoms with E-state index in [2.05, 4.69) is 0 Å². The summed E-state index contributed by atoms with van der Waals surface area (Å²) in [6.07, 6.45) is 4.13. The molecule has 0 saturated carbocycles. The van der Waals surface area contributed by atoms with Crippen LogP contribution < -0.4 is 4.90 Å². The summed E-state index contributed by atoms with van der Waals surface area (Å²) in [6.45, 7) is 2.21. The van der Waals surface area contributed by atoms with Crippen molar-refractivity contribution in [2.75, 3.05) is 24.5 Å². The van der Waals surface area contributed by atoms with Gasteiger partial charge in [-0.3, -0.25) is 9.59 Å². The summed E-state index contributed by atoms with van der Waals surface area (Å²) in [4.78, 5) is 28.1. The Morgan fingerprint density at radius 1 is 1.12 bits per heavy atom. The molecular formula is C19H20N2O3. The third-order valence-electron chi connectivity index (χ3n) is 4.92. The monoisotopic (exact) mass is 324 g/mol. The minimum Gasteiger partial charge on any atom is -0.469 e. The van der Waals surface area contributed by atoms with Gasteiger partial charge in [-0.1, -0.05) is 0 Å². The van der Waals surface area contributed by atoms with Crippen molar-refractivity contribution in [3.05, 3.63) is 54.0 Å². The highest BCUT2D eigenvalue weighted by atomic mass is 16.3. The number of rotatable bonds is 3. The SMILES string of the molecule is O=C(c1ccc(N2CCCC2=O)cc1)N1CCC(c2ccco2)C1. The molecule has 2 aliphatic rings. The fourth-order valence-corrected chi connectivity index (χ4v) is 3.59. The lowest BCUT2D eigenvalue weighted by Gasteiger charge is -2.18. The van der Waals surface area contributed by atoms with E-state index in [0.717, 1.165) is 37.4 Å². The van der Waals surface area contributed by atoms with Crippen molar-refractivity contribution in [2.45, 2.75) is 25.2 Å². The summed E-state index contributed by atoms with van der Waals surface area (Å²) < 4.78 is 5.46. The number of hydrogen-bond donors (Lipinski definition) is 0. The lowest BCUT2D eigenvalue weighted by Crippen LogP contribution is -2.28. The number of anilines is 1. The molecule has 2 amide bonds. The largest absolute Gasteiger partial charge is 0.469 e. The first kappa shape index (κ1) is 15.0. The minimum absolute atomic E-state index is 0.0448. The highest BCUT2D eigenvalue weighted by Crippen LogP contribution is 2.29. The Bertz CT molecular complexity index is 736. The van der Waals surface area contributed by atoms with E-state index in [1.807, 2.05) is 41.3 Å². The smallest absolute Gasteiger partial charge is 0.253 e. The molecule has 1 unspecified atom stereocenters. The molecular weight excluding hydrogens is 304 g/mol. The van der Waals surface area contributed by atoms with Gasteiger partial charge in [0.1, 0.15) is 5.76 Å². The Morgan fingerprint density at radius 2 is 1.96 bits per heavy atom. The maximum absolute atomic E-state index is 12.7. The lowest BCUT2D eigenvalue weighted by atomic mass is 10.1. The Hall–Kier alpha value is -2.56. The van der Waals surface area contributed by atoms with E-state index in [0.29, 0.717) is 18.5 Å². The summed E-state index contributed by atoms with van der Waals surface area (Å²) >= 11 is 0. The molecule has 2 fully saturated rings. The molecule has 3 heterocycles. The van der Waals surface area contributed by atoms with E-state index in [-0.39, 0.29) is 17.7 Å². The molecule has 0 N–H and O–H groups in total. The minimum atomic E-state index is 0.0448. The van der Waals surface area contributed by atoms with E-state index in [1.165, 1.54) is 0 Å². The third-order valence-corrected chi connectivity index (χ3v) is 4.92. The second-order valence-electron chi connectivity index (χ2n) is 6.45. The van der Waals surface area contributed by atoms with Gasteiger partial charge in [0.05, 0.1) is 6.26 Å². The van der Waals surface area contributed by atoms with Crippen LogP contribution in [-0.4, -0.2) is 36.3 Å². The number of furan rings is 1. The molecule has 24 heavy (non-hydrogen) atoms. The van der Waals surface area contributed by atoms with Crippen molar-refractivity contribution < 1.29 is 14.0 Å². The van der Waals surface area contributed by atoms with Crippen LogP contribution in [-0.2, 0) is 4.79 Å². The van der Waals surface area contributed by atoms with E-state index >= 15 is 0 Å². The fraction of sp³-hybridized carbons (Fsp3) is 0.368. The number of amides is 2. The molecule has 0 aliphatic carbocycles. The predicted octanol–water partition coefficient (Wildman–Crippen LogP) is 3.04. The quantitative estimate of drug-likeness (QED) is 0.872. The first-order valence-corrected chi connectivity index (χ1v) is 8.45. The maximum atomic E-state index is 12.7. The molecule has 124 valence electrons. The average Bonchev–Trinajstić information content (AvgIpc) is 3.35. The van der Waals surface area contributed by atoms with Gasteiger partial charge in [0.15, 0.2) is 0 Å². The number of carbonyl (C=O) groups is 2. The van der Waals surface area contributed by atoms with Gasteiger partial charge in [0.25, 0.3) is 5.91 Å². The van der Waals surface area contributed by atoms with Gasteiger partial charge in [0.2, 0.25) is 5.91 Å². The standard InChI is InChI=1S/C19H20N2O3/c22-18-4-1-10-21(18)16-7-5-14(6-8-16)19(23)20-11-9-15(13-20)17-3-2-12-24-17/h2-3,5-8,12,15H,1,4,9-11,13H2. The van der Waals surface area contributed by atoms with E-state index in [1.54, 1.807) is 11.2 Å². The molecule has 4 rings (SSSR count). The molecule has 1 aromatic heterocycles. The van der Waals surface area contributed by atoms with Crippen LogP contribution in [0.5, 0.6) is 0 Å². The first-order chi connectivity index (χ1) is 11.7. The van der Waals surface area contributed by atoms with Gasteiger partial charge in [-0.15, -0.1) is 0 Å². The van der Waals surface area contributed by atoms with E-state index < -0.39 is 0 Å². The second kappa shape index (κ2) is 6.15. The van der Waals surface area contributed by atoms with Gasteiger partial charge < -0.3 is 14.2 Å². The highest BCUT2D eigenvalue weighted by molar-refractivity contribution is 5.97. The molecule has 2 saturated heterocycles. The summed E-state index contributed by atoms with van der Waals surface area (Å²) in [6, 6.07) is 11.2. The molecule has 0 spiro atoms. The van der Waals surface area contributed by atoms with Gasteiger partial charge in [0, 0.05) is 43.2 Å². The van der Waals surface area contributed by atoms with Crippen molar-refractivity contribution in [3.63, 3.8) is 0 Å². The van der Waals surface area contributed by atoms with Crippen LogP contribution in [0.15, 0.2) is 47.1 Å². The average molecular weight is 324 g/mol. The molecule has 1 atom stereocenters. The topological polar surface area (TPSA) is 53.8 Å². The Balaban J connectivity index is 1.44. The highest BCUT2D eigenvalue weighted by Gasteiger charge is 2.29. The van der Waals surface area contributed by atoms with Gasteiger partial charge in [-0.2, -0.15) is 0 Å². The number of benzene rings is 1. The van der Waals surface area contributed by atoms with Crippen molar-refractivity contribution >= 4 is 17.5 Å². The van der Waals surface area contributed by atoms with Gasteiger partial charge >= 0.3 is 0 Å². The summed E-state index contributed by atoms with van der Waals surface area (Å²) in [5, 5.41) is 0. The predicted molar refractivity (Wildman–Crippen MR) is 90.0 cm³/mol. The third kappa shape index (κ3) is 2.70. The van der Waals surface area contributed by atoms with Crippen LogP contribution in [0.2, 0.25) is 0 Å². The second-order valence-corrected chi connectivity index (χ2v) is 6.45. The summed E-state index contributed by atoms with van der Waals surface area (Å²) in [5.74, 6) is 1.44. The van der Waals surface area contributed by atoms with Crippen LogP contribution in [0, 0.1) is 0 Å². The Labute approximate surface area is 140 Å². The molecule has 2 aromatic rings. The molecule has 1 aromatic carbocycles. The fourth-order valence-electron chi connectivity index (χ4n) is 3.59. The van der Waals surface area contributed by atoms with Crippen molar-refractivity contribution in [3.8, 4) is 0 Å². The number of hydrogen-bond acceptors (Lipinski definition) is 3. The van der Waals surface area contributed by atoms with Crippen LogP contribution in [0.3, 0.4) is 0 Å².